The van der Waals surface area contributed by atoms with Crippen molar-refractivity contribution in [3.8, 4) is 11.5 Å². The van der Waals surface area contributed by atoms with E-state index < -0.39 is 17.1 Å². The van der Waals surface area contributed by atoms with Crippen LogP contribution in [0.25, 0.3) is 0 Å². The Morgan fingerprint density at radius 2 is 2.18 bits per heavy atom. The smallest absolute Gasteiger partial charge is 0.228 e. The topological polar surface area (TPSA) is 89.9 Å². The van der Waals surface area contributed by atoms with E-state index in [1.54, 1.807) is 0 Å². The third kappa shape index (κ3) is 1.77. The molecule has 1 aromatic rings. The molecule has 1 aromatic carbocycles. The summed E-state index contributed by atoms with van der Waals surface area (Å²) in [6, 6.07) is 1.34. The van der Waals surface area contributed by atoms with Crippen LogP contribution in [0.1, 0.15) is 33.6 Å². The molecule has 2 aliphatic rings. The van der Waals surface area contributed by atoms with Crippen LogP contribution in [0.4, 0.5) is 0 Å². The summed E-state index contributed by atoms with van der Waals surface area (Å²) in [5.74, 6) is -1.17. The zero-order valence-corrected chi connectivity index (χ0v) is 12.3. The SMILES string of the molecule is COc1cc(C=O)c(Cl)c2c1C(=O)[C@@]1(CCC(=O)C=C1O)O2. The second kappa shape index (κ2) is 4.84. The number of ether oxygens (including phenoxy) is 2. The second-order valence-electron chi connectivity index (χ2n) is 5.06. The molecule has 3 rings (SSSR count). The van der Waals surface area contributed by atoms with Crippen molar-refractivity contribution in [2.45, 2.75) is 18.4 Å². The van der Waals surface area contributed by atoms with Crippen molar-refractivity contribution < 1.29 is 29.0 Å². The molecule has 1 spiro atoms. The van der Waals surface area contributed by atoms with Crippen LogP contribution >= 0.6 is 11.6 Å². The molecule has 0 bridgehead atoms. The molecule has 1 aliphatic carbocycles. The van der Waals surface area contributed by atoms with E-state index in [9.17, 15) is 19.5 Å². The maximum absolute atomic E-state index is 12.8. The van der Waals surface area contributed by atoms with Gasteiger partial charge in [-0.25, -0.2) is 0 Å². The fourth-order valence-corrected chi connectivity index (χ4v) is 2.94. The molecule has 1 aliphatic heterocycles. The lowest BCUT2D eigenvalue weighted by atomic mass is 9.83. The molecule has 0 unspecified atom stereocenters. The number of carbonyl (C=O) groups excluding carboxylic acids is 3. The highest BCUT2D eigenvalue weighted by atomic mass is 35.5. The number of hydrogen-bond donors (Lipinski definition) is 1. The van der Waals surface area contributed by atoms with Gasteiger partial charge in [-0.1, -0.05) is 11.6 Å². The molecular weight excluding hydrogens is 312 g/mol. The summed E-state index contributed by atoms with van der Waals surface area (Å²) in [5, 5.41) is 10.1. The summed E-state index contributed by atoms with van der Waals surface area (Å²) in [6.07, 6.45) is 1.56. The van der Waals surface area contributed by atoms with E-state index in [2.05, 4.69) is 0 Å². The highest BCUT2D eigenvalue weighted by molar-refractivity contribution is 6.36. The number of Topliss-reactive ketones (excluding diaryl/α,β-unsaturated/α-hetero) is 1. The number of hydrogen-bond acceptors (Lipinski definition) is 6. The van der Waals surface area contributed by atoms with Gasteiger partial charge in [0.2, 0.25) is 11.4 Å². The van der Waals surface area contributed by atoms with Crippen molar-refractivity contribution in [1.82, 2.24) is 0 Å². The van der Waals surface area contributed by atoms with Gasteiger partial charge in [0.25, 0.3) is 0 Å². The Balaban J connectivity index is 2.23. The molecule has 0 aromatic heterocycles. The first-order chi connectivity index (χ1) is 10.4. The van der Waals surface area contributed by atoms with E-state index >= 15 is 0 Å². The Morgan fingerprint density at radius 3 is 2.77 bits per heavy atom. The van der Waals surface area contributed by atoms with Crippen molar-refractivity contribution in [3.05, 3.63) is 34.1 Å². The van der Waals surface area contributed by atoms with Gasteiger partial charge in [0, 0.05) is 24.5 Å². The number of methoxy groups -OCH3 is 1. The Labute approximate surface area is 130 Å². The lowest BCUT2D eigenvalue weighted by molar-refractivity contribution is -0.116. The molecule has 0 radical (unpaired) electrons. The minimum atomic E-state index is -1.67. The fraction of sp³-hybridized carbons (Fsp3) is 0.267. The highest BCUT2D eigenvalue weighted by Crippen LogP contribution is 2.50. The Hall–Kier alpha value is -2.34. The summed E-state index contributed by atoms with van der Waals surface area (Å²) in [5.41, 5.74) is -1.50. The van der Waals surface area contributed by atoms with Gasteiger partial charge in [-0.2, -0.15) is 0 Å². The first-order valence-electron chi connectivity index (χ1n) is 6.48. The maximum Gasteiger partial charge on any atom is 0.228 e. The molecule has 1 atom stereocenters. The third-order valence-electron chi connectivity index (χ3n) is 3.86. The standard InChI is InChI=1S/C15H11ClO6/c1-21-9-4-7(6-17)12(16)13-11(9)14(20)15(22-13)3-2-8(18)5-10(15)19/h4-6,19H,2-3H2,1H3/t15-/m0/s1. The largest absolute Gasteiger partial charge is 0.507 e. The monoisotopic (exact) mass is 322 g/mol. The van der Waals surface area contributed by atoms with Crippen LogP contribution < -0.4 is 9.47 Å². The molecule has 6 nitrogen and oxygen atoms in total. The van der Waals surface area contributed by atoms with Crippen molar-refractivity contribution in [1.29, 1.82) is 0 Å². The van der Waals surface area contributed by atoms with Gasteiger partial charge in [-0.15, -0.1) is 0 Å². The van der Waals surface area contributed by atoms with Crippen molar-refractivity contribution in [3.63, 3.8) is 0 Å². The highest BCUT2D eigenvalue weighted by Gasteiger charge is 2.55. The van der Waals surface area contributed by atoms with Gasteiger partial charge in [0.15, 0.2) is 17.8 Å². The minimum absolute atomic E-state index is 0.00240. The number of aliphatic hydroxyl groups is 1. The van der Waals surface area contributed by atoms with E-state index in [0.717, 1.165) is 6.08 Å². The van der Waals surface area contributed by atoms with Crippen LogP contribution in [0.2, 0.25) is 5.02 Å². The van der Waals surface area contributed by atoms with Crippen molar-refractivity contribution >= 4 is 29.5 Å². The van der Waals surface area contributed by atoms with Gasteiger partial charge in [-0.3, -0.25) is 14.4 Å². The second-order valence-corrected chi connectivity index (χ2v) is 5.44. The van der Waals surface area contributed by atoms with E-state index in [-0.39, 0.29) is 46.3 Å². The van der Waals surface area contributed by atoms with Gasteiger partial charge in [0.1, 0.15) is 17.1 Å². The molecule has 22 heavy (non-hydrogen) atoms. The molecule has 0 saturated carbocycles. The maximum atomic E-state index is 12.8. The summed E-state index contributed by atoms with van der Waals surface area (Å²) in [4.78, 5) is 35.2. The average molecular weight is 323 g/mol. The third-order valence-corrected chi connectivity index (χ3v) is 4.25. The number of benzene rings is 1. The molecule has 0 fully saturated rings. The van der Waals surface area contributed by atoms with Crippen LogP contribution in [0.15, 0.2) is 17.9 Å². The number of carbonyl (C=O) groups is 3. The van der Waals surface area contributed by atoms with E-state index in [0.29, 0.717) is 6.29 Å². The molecule has 7 heteroatoms. The normalized spacial score (nSPS) is 23.1. The number of allylic oxidation sites excluding steroid dienone is 1. The molecule has 1 N–H and O–H groups in total. The van der Waals surface area contributed by atoms with Crippen LogP contribution in [0.3, 0.4) is 0 Å². The van der Waals surface area contributed by atoms with E-state index in [1.165, 1.54) is 13.2 Å². The molecule has 0 amide bonds. The van der Waals surface area contributed by atoms with Crippen LogP contribution in [0.5, 0.6) is 11.5 Å². The van der Waals surface area contributed by atoms with E-state index in [1.807, 2.05) is 0 Å². The zero-order valence-electron chi connectivity index (χ0n) is 11.5. The quantitative estimate of drug-likeness (QED) is 0.840. The molecule has 0 saturated heterocycles. The van der Waals surface area contributed by atoms with Crippen molar-refractivity contribution in [2.75, 3.05) is 7.11 Å². The minimum Gasteiger partial charge on any atom is -0.507 e. The number of rotatable bonds is 2. The Bertz CT molecular complexity index is 751. The number of ketones is 2. The van der Waals surface area contributed by atoms with Crippen LogP contribution in [-0.4, -0.2) is 35.7 Å². The summed E-state index contributed by atoms with van der Waals surface area (Å²) in [7, 11) is 1.34. The first-order valence-corrected chi connectivity index (χ1v) is 6.86. The van der Waals surface area contributed by atoms with Gasteiger partial charge in [-0.05, 0) is 6.07 Å². The number of halogens is 1. The molecule has 1 heterocycles. The fourth-order valence-electron chi connectivity index (χ4n) is 2.71. The predicted octanol–water partition coefficient (Wildman–Crippen LogP) is 2.28. The molecular formula is C15H11ClO6. The Morgan fingerprint density at radius 1 is 1.45 bits per heavy atom. The number of aliphatic hydroxyl groups excluding tert-OH is 1. The lowest BCUT2D eigenvalue weighted by Crippen LogP contribution is -2.45. The number of aldehydes is 1. The number of fused-ring (bicyclic) bond motifs is 1. The Kier molecular flexibility index (Phi) is 3.21. The van der Waals surface area contributed by atoms with Crippen LogP contribution in [0, 0.1) is 0 Å². The summed E-state index contributed by atoms with van der Waals surface area (Å²) >= 11 is 6.10. The zero-order chi connectivity index (χ0) is 16.1. The predicted molar refractivity (Wildman–Crippen MR) is 76.0 cm³/mol. The van der Waals surface area contributed by atoms with Crippen LogP contribution in [-0.2, 0) is 4.79 Å². The molecule has 114 valence electrons. The lowest BCUT2D eigenvalue weighted by Gasteiger charge is -2.28. The summed E-state index contributed by atoms with van der Waals surface area (Å²) < 4.78 is 10.8. The van der Waals surface area contributed by atoms with Gasteiger partial charge in [0.05, 0.1) is 12.1 Å². The van der Waals surface area contributed by atoms with E-state index in [4.69, 9.17) is 21.1 Å². The van der Waals surface area contributed by atoms with Gasteiger partial charge >= 0.3 is 0 Å². The van der Waals surface area contributed by atoms with Crippen molar-refractivity contribution in [2.24, 2.45) is 0 Å². The van der Waals surface area contributed by atoms with Gasteiger partial charge < -0.3 is 14.6 Å². The first kappa shape index (κ1) is 14.6. The average Bonchev–Trinajstić information content (AvgIpc) is 2.80. The summed E-state index contributed by atoms with van der Waals surface area (Å²) in [6.45, 7) is 0.